The summed E-state index contributed by atoms with van der Waals surface area (Å²) in [5, 5.41) is 0.966. The predicted octanol–water partition coefficient (Wildman–Crippen LogP) is 3.84. The van der Waals surface area contributed by atoms with Crippen molar-refractivity contribution in [2.45, 2.75) is 45.8 Å². The molecule has 2 rings (SSSR count). The molecule has 0 aromatic heterocycles. The van der Waals surface area contributed by atoms with Crippen molar-refractivity contribution >= 4 is 5.91 Å². The molecular formula is C17H23F3N2O2. The Morgan fingerprint density at radius 3 is 2.62 bits per heavy atom. The van der Waals surface area contributed by atoms with Crippen molar-refractivity contribution in [2.24, 2.45) is 5.41 Å². The Labute approximate surface area is 139 Å². The van der Waals surface area contributed by atoms with Crippen LogP contribution in [-0.4, -0.2) is 30.2 Å². The molecule has 1 aliphatic heterocycles. The molecule has 1 aromatic rings. The summed E-state index contributed by atoms with van der Waals surface area (Å²) in [5.41, 5.74) is 1.54. The number of hydrogen-bond donors (Lipinski definition) is 1. The molecule has 1 N–H and O–H groups in total. The number of amides is 1. The summed E-state index contributed by atoms with van der Waals surface area (Å²) < 4.78 is 46.4. The highest BCUT2D eigenvalue weighted by atomic mass is 19.4. The van der Waals surface area contributed by atoms with Gasteiger partial charge in [0, 0.05) is 6.54 Å². The summed E-state index contributed by atoms with van der Waals surface area (Å²) in [6, 6.07) is 4.07. The number of nitrogens with zero attached hydrogens (tertiary/aromatic N) is 1. The summed E-state index contributed by atoms with van der Waals surface area (Å²) in [5.74, 6) is -0.00733. The molecule has 4 nitrogen and oxygen atoms in total. The first-order valence-corrected chi connectivity index (χ1v) is 8.02. The van der Waals surface area contributed by atoms with Gasteiger partial charge in [0.1, 0.15) is 11.8 Å². The number of hydrogen-bond acceptors (Lipinski definition) is 3. The van der Waals surface area contributed by atoms with Crippen LogP contribution in [-0.2, 0) is 4.79 Å². The number of carbonyl (C=O) groups is 1. The summed E-state index contributed by atoms with van der Waals surface area (Å²) in [6.07, 6.45) is -2.74. The van der Waals surface area contributed by atoms with Crippen molar-refractivity contribution in [3.63, 3.8) is 0 Å². The van der Waals surface area contributed by atoms with Gasteiger partial charge in [-0.05, 0) is 38.0 Å². The third kappa shape index (κ3) is 4.20. The van der Waals surface area contributed by atoms with Gasteiger partial charge in [-0.3, -0.25) is 10.2 Å². The van der Waals surface area contributed by atoms with E-state index in [1.54, 1.807) is 26.0 Å². The molecule has 1 saturated heterocycles. The molecule has 1 aromatic carbocycles. The molecule has 0 radical (unpaired) electrons. The lowest BCUT2D eigenvalue weighted by molar-refractivity contribution is -0.191. The number of benzene rings is 1. The first-order valence-electron chi connectivity index (χ1n) is 8.02. The van der Waals surface area contributed by atoms with E-state index in [9.17, 15) is 18.0 Å². The summed E-state index contributed by atoms with van der Waals surface area (Å²) >= 11 is 0. The second kappa shape index (κ2) is 7.01. The highest BCUT2D eigenvalue weighted by Crippen LogP contribution is 2.41. The number of alkyl halides is 3. The van der Waals surface area contributed by atoms with Gasteiger partial charge in [0.05, 0.1) is 12.0 Å². The second-order valence-electron chi connectivity index (χ2n) is 6.67. The van der Waals surface area contributed by atoms with E-state index in [1.807, 2.05) is 6.92 Å². The molecule has 1 atom stereocenters. The maximum atomic E-state index is 13.6. The van der Waals surface area contributed by atoms with Crippen LogP contribution >= 0.6 is 0 Å². The number of nitrogens with one attached hydrogen (secondary N) is 1. The predicted molar refractivity (Wildman–Crippen MR) is 84.3 cm³/mol. The number of halogens is 3. The molecule has 0 spiro atoms. The smallest absolute Gasteiger partial charge is 0.409 e. The quantitative estimate of drug-likeness (QED) is 0.797. The van der Waals surface area contributed by atoms with E-state index in [2.05, 4.69) is 5.43 Å². The summed E-state index contributed by atoms with van der Waals surface area (Å²) in [4.78, 5) is 11.9. The van der Waals surface area contributed by atoms with Crippen molar-refractivity contribution in [3.8, 4) is 5.75 Å². The van der Waals surface area contributed by atoms with Gasteiger partial charge in [0.25, 0.3) is 0 Å². The van der Waals surface area contributed by atoms with Crippen LogP contribution in [0.5, 0.6) is 5.75 Å². The average Bonchev–Trinajstić information content (AvgIpc) is 2.71. The van der Waals surface area contributed by atoms with Crippen molar-refractivity contribution in [1.82, 2.24) is 10.4 Å². The monoisotopic (exact) mass is 344 g/mol. The first-order chi connectivity index (χ1) is 11.1. The Kier molecular flexibility index (Phi) is 5.42. The van der Waals surface area contributed by atoms with Gasteiger partial charge in [0.15, 0.2) is 0 Å². The minimum Gasteiger partial charge on any atom is -0.494 e. The molecule has 134 valence electrons. The number of hydrazine groups is 1. The molecule has 0 unspecified atom stereocenters. The van der Waals surface area contributed by atoms with Crippen LogP contribution < -0.4 is 10.2 Å². The highest BCUT2D eigenvalue weighted by Gasteiger charge is 2.51. The van der Waals surface area contributed by atoms with Crippen LogP contribution in [0.3, 0.4) is 0 Å². The van der Waals surface area contributed by atoms with E-state index in [-0.39, 0.29) is 12.1 Å². The van der Waals surface area contributed by atoms with E-state index in [0.29, 0.717) is 12.4 Å². The second-order valence-corrected chi connectivity index (χ2v) is 6.67. The molecule has 24 heavy (non-hydrogen) atoms. The molecule has 1 amide bonds. The first kappa shape index (κ1) is 18.6. The van der Waals surface area contributed by atoms with Gasteiger partial charge in [0.2, 0.25) is 5.91 Å². The number of carbonyl (C=O) groups excluding carboxylic acids is 1. The zero-order valence-corrected chi connectivity index (χ0v) is 14.1. The summed E-state index contributed by atoms with van der Waals surface area (Å²) in [6.45, 7) is 5.71. The lowest BCUT2D eigenvalue weighted by atomic mass is 9.93. The van der Waals surface area contributed by atoms with Gasteiger partial charge >= 0.3 is 6.18 Å². The van der Waals surface area contributed by atoms with Crippen molar-refractivity contribution in [1.29, 1.82) is 0 Å². The molecule has 1 heterocycles. The highest BCUT2D eigenvalue weighted by molar-refractivity contribution is 5.83. The lowest BCUT2D eigenvalue weighted by Crippen LogP contribution is -2.43. The maximum Gasteiger partial charge on any atom is 0.409 e. The van der Waals surface area contributed by atoms with Gasteiger partial charge in [-0.15, -0.1) is 0 Å². The van der Waals surface area contributed by atoms with Crippen molar-refractivity contribution in [2.75, 3.05) is 13.2 Å². The third-order valence-electron chi connectivity index (χ3n) is 3.99. The van der Waals surface area contributed by atoms with Crippen LogP contribution in [0.4, 0.5) is 13.2 Å². The molecule has 1 fully saturated rings. The number of ether oxygens (including phenoxy) is 1. The van der Waals surface area contributed by atoms with Crippen LogP contribution in [0.15, 0.2) is 24.3 Å². The Morgan fingerprint density at radius 1 is 1.38 bits per heavy atom. The molecule has 7 heteroatoms. The summed E-state index contributed by atoms with van der Waals surface area (Å²) in [7, 11) is 0. The lowest BCUT2D eigenvalue weighted by Gasteiger charge is -2.30. The Morgan fingerprint density at radius 2 is 2.08 bits per heavy atom. The molecule has 0 bridgehead atoms. The standard InChI is InChI=1S/C17H23F3N2O2/c1-4-5-9-24-13-8-6-7-12(10-13)14(17(18,19)20)22-11-16(2,3)15(23)21-22/h6-8,10,14H,4-5,9,11H2,1-3H3,(H,21,23)/t14-/m0/s1. The minimum atomic E-state index is -4.52. The maximum absolute atomic E-state index is 13.6. The Balaban J connectivity index is 2.26. The third-order valence-corrected chi connectivity index (χ3v) is 3.99. The van der Waals surface area contributed by atoms with E-state index >= 15 is 0 Å². The van der Waals surface area contributed by atoms with Crippen molar-refractivity contribution in [3.05, 3.63) is 29.8 Å². The fourth-order valence-corrected chi connectivity index (χ4v) is 2.63. The van der Waals surface area contributed by atoms with E-state index in [0.717, 1.165) is 17.9 Å². The zero-order valence-electron chi connectivity index (χ0n) is 14.1. The molecular weight excluding hydrogens is 321 g/mol. The topological polar surface area (TPSA) is 41.6 Å². The fraction of sp³-hybridized carbons (Fsp3) is 0.588. The Bertz CT molecular complexity index is 587. The zero-order chi connectivity index (χ0) is 18.0. The number of rotatable bonds is 6. The van der Waals surface area contributed by atoms with Crippen LogP contribution in [0, 0.1) is 5.41 Å². The van der Waals surface area contributed by atoms with Crippen LogP contribution in [0.1, 0.15) is 45.2 Å². The normalized spacial score (nSPS) is 19.2. The van der Waals surface area contributed by atoms with Gasteiger partial charge in [-0.2, -0.15) is 13.2 Å². The van der Waals surface area contributed by atoms with Crippen LogP contribution in [0.25, 0.3) is 0 Å². The largest absolute Gasteiger partial charge is 0.494 e. The van der Waals surface area contributed by atoms with Gasteiger partial charge in [-0.1, -0.05) is 25.5 Å². The van der Waals surface area contributed by atoms with E-state index in [4.69, 9.17) is 4.74 Å². The number of unbranched alkanes of at least 4 members (excludes halogenated alkanes) is 1. The SMILES string of the molecule is CCCCOc1cccc([C@H](N2CC(C)(C)C(=O)N2)C(F)(F)F)c1. The minimum absolute atomic E-state index is 0.0169. The van der Waals surface area contributed by atoms with Crippen LogP contribution in [0.2, 0.25) is 0 Å². The average molecular weight is 344 g/mol. The molecule has 0 aliphatic carbocycles. The molecule has 0 saturated carbocycles. The molecule has 1 aliphatic rings. The Hall–Kier alpha value is -1.76. The van der Waals surface area contributed by atoms with Gasteiger partial charge < -0.3 is 4.74 Å². The van der Waals surface area contributed by atoms with E-state index in [1.165, 1.54) is 12.1 Å². The van der Waals surface area contributed by atoms with E-state index < -0.39 is 23.5 Å². The van der Waals surface area contributed by atoms with Crippen molar-refractivity contribution < 1.29 is 22.7 Å². The fourth-order valence-electron chi connectivity index (χ4n) is 2.63. The van der Waals surface area contributed by atoms with Gasteiger partial charge in [-0.25, -0.2) is 5.01 Å².